The minimum Gasteiger partial charge on any atom is -0.486 e. The molecule has 43 heavy (non-hydrogen) atoms. The summed E-state index contributed by atoms with van der Waals surface area (Å²) in [5.74, 6) is -4.58. The SMILES string of the molecule is CC/C=C/COc1ccc(-c2ccc(-c3ccc(C4COC(CCCCCCCCC)OC4)c(F)c3F)cc2)c(F)c1F. The second-order valence-electron chi connectivity index (χ2n) is 11.0. The number of rotatable bonds is 15. The number of ether oxygens (including phenoxy) is 3. The lowest BCUT2D eigenvalue weighted by Crippen LogP contribution is -2.31. The molecule has 0 aliphatic carbocycles. The zero-order valence-electron chi connectivity index (χ0n) is 25.2. The Kier molecular flexibility index (Phi) is 12.7. The molecule has 1 heterocycles. The molecule has 0 bridgehead atoms. The molecule has 232 valence electrons. The monoisotopic (exact) mass is 598 g/mol. The van der Waals surface area contributed by atoms with Crippen molar-refractivity contribution in [2.75, 3.05) is 19.8 Å². The summed E-state index contributed by atoms with van der Waals surface area (Å²) in [5.41, 5.74) is 1.17. The second-order valence-corrected chi connectivity index (χ2v) is 11.0. The molecule has 1 saturated heterocycles. The molecule has 1 aliphatic rings. The maximum absolute atomic E-state index is 15.2. The van der Waals surface area contributed by atoms with E-state index in [9.17, 15) is 8.78 Å². The Balaban J connectivity index is 1.35. The lowest BCUT2D eigenvalue weighted by Gasteiger charge is -2.30. The zero-order valence-corrected chi connectivity index (χ0v) is 25.2. The van der Waals surface area contributed by atoms with E-state index in [1.165, 1.54) is 50.3 Å². The molecule has 0 saturated carbocycles. The molecule has 0 radical (unpaired) electrons. The van der Waals surface area contributed by atoms with Gasteiger partial charge in [0.2, 0.25) is 5.82 Å². The van der Waals surface area contributed by atoms with E-state index in [0.717, 1.165) is 25.7 Å². The summed E-state index contributed by atoms with van der Waals surface area (Å²) in [6, 6.07) is 12.2. The van der Waals surface area contributed by atoms with Crippen molar-refractivity contribution in [3.8, 4) is 28.0 Å². The normalized spacial score (nSPS) is 17.1. The van der Waals surface area contributed by atoms with Crippen molar-refractivity contribution in [3.63, 3.8) is 0 Å². The average molecular weight is 599 g/mol. The van der Waals surface area contributed by atoms with E-state index in [0.29, 0.717) is 11.1 Å². The van der Waals surface area contributed by atoms with Gasteiger partial charge in [-0.05, 0) is 48.1 Å². The van der Waals surface area contributed by atoms with E-state index in [1.54, 1.807) is 36.4 Å². The summed E-state index contributed by atoms with van der Waals surface area (Å²) >= 11 is 0. The largest absolute Gasteiger partial charge is 0.486 e. The standard InChI is InChI=1S/C36H42F4O3/c1-3-5-7-8-9-10-11-13-32-42-23-27(24-43-32)30-19-18-28(33(37)34(30)38)25-14-16-26(17-15-25)29-20-21-31(36(40)35(29)39)41-22-12-6-4-2/h6,12,14-21,27,32H,3-5,7-11,13,22-24H2,1-2H3/b12-6+. The van der Waals surface area contributed by atoms with Crippen molar-refractivity contribution in [2.45, 2.75) is 83.8 Å². The van der Waals surface area contributed by atoms with E-state index >= 15 is 8.78 Å². The second kappa shape index (κ2) is 16.6. The summed E-state index contributed by atoms with van der Waals surface area (Å²) in [6.45, 7) is 4.85. The lowest BCUT2D eigenvalue weighted by atomic mass is 9.94. The third-order valence-electron chi connectivity index (χ3n) is 7.85. The van der Waals surface area contributed by atoms with Crippen LogP contribution in [0.2, 0.25) is 0 Å². The highest BCUT2D eigenvalue weighted by Gasteiger charge is 2.27. The van der Waals surface area contributed by atoms with Gasteiger partial charge in [-0.25, -0.2) is 13.2 Å². The Hall–Kier alpha value is -3.16. The van der Waals surface area contributed by atoms with Crippen LogP contribution < -0.4 is 4.74 Å². The summed E-state index contributed by atoms with van der Waals surface area (Å²) < 4.78 is 76.9. The van der Waals surface area contributed by atoms with Crippen LogP contribution in [-0.4, -0.2) is 26.1 Å². The Labute approximate surface area is 252 Å². The molecule has 1 aliphatic heterocycles. The van der Waals surface area contributed by atoms with Gasteiger partial charge < -0.3 is 14.2 Å². The molecular formula is C36H42F4O3. The van der Waals surface area contributed by atoms with Gasteiger partial charge in [0, 0.05) is 17.0 Å². The van der Waals surface area contributed by atoms with Crippen LogP contribution in [0.15, 0.2) is 60.7 Å². The van der Waals surface area contributed by atoms with E-state index in [-0.39, 0.29) is 48.6 Å². The third kappa shape index (κ3) is 8.70. The first-order chi connectivity index (χ1) is 20.9. The molecule has 0 spiro atoms. The number of hydrogen-bond donors (Lipinski definition) is 0. The molecule has 3 aromatic rings. The number of hydrogen-bond acceptors (Lipinski definition) is 3. The first-order valence-corrected chi connectivity index (χ1v) is 15.5. The van der Waals surface area contributed by atoms with Gasteiger partial charge in [-0.3, -0.25) is 0 Å². The topological polar surface area (TPSA) is 27.7 Å². The predicted molar refractivity (Wildman–Crippen MR) is 163 cm³/mol. The first-order valence-electron chi connectivity index (χ1n) is 15.5. The van der Waals surface area contributed by atoms with Crippen LogP contribution >= 0.6 is 0 Å². The summed E-state index contributed by atoms with van der Waals surface area (Å²) in [4.78, 5) is 0. The van der Waals surface area contributed by atoms with Gasteiger partial charge in [0.15, 0.2) is 29.5 Å². The van der Waals surface area contributed by atoms with Crippen LogP contribution in [-0.2, 0) is 9.47 Å². The first kappa shape index (κ1) is 32.7. The highest BCUT2D eigenvalue weighted by Crippen LogP contribution is 2.35. The van der Waals surface area contributed by atoms with Crippen LogP contribution in [0.3, 0.4) is 0 Å². The average Bonchev–Trinajstić information content (AvgIpc) is 3.03. The van der Waals surface area contributed by atoms with E-state index in [2.05, 4.69) is 6.92 Å². The van der Waals surface area contributed by atoms with Crippen LogP contribution in [0, 0.1) is 23.3 Å². The van der Waals surface area contributed by atoms with Crippen molar-refractivity contribution >= 4 is 0 Å². The van der Waals surface area contributed by atoms with Gasteiger partial charge in [-0.2, -0.15) is 4.39 Å². The quantitative estimate of drug-likeness (QED) is 0.0990. The van der Waals surface area contributed by atoms with Gasteiger partial charge in [0.1, 0.15) is 6.61 Å². The Morgan fingerprint density at radius 3 is 1.88 bits per heavy atom. The molecule has 0 atom stereocenters. The number of benzene rings is 3. The summed E-state index contributed by atoms with van der Waals surface area (Å²) in [7, 11) is 0. The fraction of sp³-hybridized carbons (Fsp3) is 0.444. The van der Waals surface area contributed by atoms with Crippen LogP contribution in [0.5, 0.6) is 5.75 Å². The van der Waals surface area contributed by atoms with Gasteiger partial charge >= 0.3 is 0 Å². The van der Waals surface area contributed by atoms with Gasteiger partial charge in [-0.1, -0.05) is 101 Å². The summed E-state index contributed by atoms with van der Waals surface area (Å²) in [6.07, 6.45) is 13.4. The minimum absolute atomic E-state index is 0.0464. The maximum atomic E-state index is 15.2. The number of allylic oxidation sites excluding steroid dienone is 1. The van der Waals surface area contributed by atoms with Crippen LogP contribution in [0.1, 0.15) is 83.1 Å². The summed E-state index contributed by atoms with van der Waals surface area (Å²) in [5, 5.41) is 0. The van der Waals surface area contributed by atoms with Crippen LogP contribution in [0.25, 0.3) is 22.3 Å². The fourth-order valence-electron chi connectivity index (χ4n) is 5.33. The zero-order chi connectivity index (χ0) is 30.6. The molecule has 4 rings (SSSR count). The molecule has 0 aromatic heterocycles. The molecule has 0 amide bonds. The molecule has 7 heteroatoms. The van der Waals surface area contributed by atoms with Crippen molar-refractivity contribution in [1.82, 2.24) is 0 Å². The van der Waals surface area contributed by atoms with Crippen molar-refractivity contribution in [2.24, 2.45) is 0 Å². The molecule has 1 fully saturated rings. The molecule has 0 unspecified atom stereocenters. The van der Waals surface area contributed by atoms with Crippen molar-refractivity contribution < 1.29 is 31.8 Å². The predicted octanol–water partition coefficient (Wildman–Crippen LogP) is 10.5. The Bertz CT molecular complexity index is 1330. The smallest absolute Gasteiger partial charge is 0.201 e. The van der Waals surface area contributed by atoms with E-state index in [4.69, 9.17) is 14.2 Å². The van der Waals surface area contributed by atoms with Crippen LogP contribution in [0.4, 0.5) is 17.6 Å². The minimum atomic E-state index is -1.07. The van der Waals surface area contributed by atoms with Gasteiger partial charge in [0.25, 0.3) is 0 Å². The highest BCUT2D eigenvalue weighted by molar-refractivity contribution is 5.72. The molecule has 0 N–H and O–H groups in total. The lowest BCUT2D eigenvalue weighted by molar-refractivity contribution is -0.190. The highest BCUT2D eigenvalue weighted by atomic mass is 19.2. The van der Waals surface area contributed by atoms with Gasteiger partial charge in [-0.15, -0.1) is 0 Å². The molecule has 3 nitrogen and oxygen atoms in total. The Morgan fingerprint density at radius 2 is 1.26 bits per heavy atom. The fourth-order valence-corrected chi connectivity index (χ4v) is 5.33. The number of halogens is 4. The molecular weight excluding hydrogens is 556 g/mol. The molecule has 3 aromatic carbocycles. The van der Waals surface area contributed by atoms with Gasteiger partial charge in [0.05, 0.1) is 13.2 Å². The number of unbranched alkanes of at least 4 members (excludes halogenated alkanes) is 6. The Morgan fingerprint density at radius 1 is 0.674 bits per heavy atom. The van der Waals surface area contributed by atoms with E-state index in [1.807, 2.05) is 13.0 Å². The maximum Gasteiger partial charge on any atom is 0.201 e. The van der Waals surface area contributed by atoms with E-state index < -0.39 is 29.2 Å². The third-order valence-corrected chi connectivity index (χ3v) is 7.85. The van der Waals surface area contributed by atoms with Crippen molar-refractivity contribution in [3.05, 3.63) is 89.5 Å². The van der Waals surface area contributed by atoms with Crippen molar-refractivity contribution in [1.29, 1.82) is 0 Å².